The van der Waals surface area contributed by atoms with Gasteiger partial charge in [-0.25, -0.2) is 13.4 Å². The van der Waals surface area contributed by atoms with Crippen LogP contribution in [0, 0.1) is 6.92 Å². The lowest BCUT2D eigenvalue weighted by Crippen LogP contribution is -2.35. The Balaban J connectivity index is 1.51. The van der Waals surface area contributed by atoms with Crippen molar-refractivity contribution in [2.75, 3.05) is 17.2 Å². The Morgan fingerprint density at radius 2 is 1.82 bits per heavy atom. The first kappa shape index (κ1) is 27.6. The minimum absolute atomic E-state index is 0.0201. The molecule has 1 aliphatic rings. The van der Waals surface area contributed by atoms with Gasteiger partial charge < -0.3 is 10.2 Å². The third-order valence-electron chi connectivity index (χ3n) is 6.93. The largest absolute Gasteiger partial charge is 0.417 e. The molecule has 1 aliphatic heterocycles. The molecule has 2 heterocycles. The van der Waals surface area contributed by atoms with Crippen molar-refractivity contribution in [1.82, 2.24) is 10.3 Å². The minimum Gasteiger partial charge on any atom is -0.351 e. The summed E-state index contributed by atoms with van der Waals surface area (Å²) in [7, 11) is -3.29. The lowest BCUT2D eigenvalue weighted by molar-refractivity contribution is -0.137. The van der Waals surface area contributed by atoms with E-state index >= 15 is 0 Å². The summed E-state index contributed by atoms with van der Waals surface area (Å²) < 4.78 is 63.3. The summed E-state index contributed by atoms with van der Waals surface area (Å²) in [5.74, 6) is 0.404. The molecule has 0 bridgehead atoms. The van der Waals surface area contributed by atoms with Crippen LogP contribution < -0.4 is 10.2 Å². The van der Waals surface area contributed by atoms with Gasteiger partial charge in [0.15, 0.2) is 9.84 Å². The molecule has 1 amide bonds. The second-order valence-corrected chi connectivity index (χ2v) is 11.8. The standard InChI is InChI=1S/C28H30F3N3O3S/c1-4-20-16-34(26-18(3)12-23(15-32-26)28(29,30)31)17-22-13-21(8-11-25(20)22)27(35)33-14-19-6-9-24(10-7-19)38(36,37)5-2/h6-13,15,20H,4-5,14,16-17H2,1-3H3,(H,33,35). The van der Waals surface area contributed by atoms with E-state index in [-0.39, 0.29) is 29.0 Å². The van der Waals surface area contributed by atoms with Crippen molar-refractivity contribution >= 4 is 21.6 Å². The Hall–Kier alpha value is -3.40. The van der Waals surface area contributed by atoms with Crippen LogP contribution in [-0.4, -0.2) is 31.6 Å². The number of pyridine rings is 1. The third kappa shape index (κ3) is 5.85. The van der Waals surface area contributed by atoms with E-state index in [0.29, 0.717) is 30.0 Å². The smallest absolute Gasteiger partial charge is 0.351 e. The molecule has 4 rings (SSSR count). The predicted molar refractivity (Wildman–Crippen MR) is 140 cm³/mol. The van der Waals surface area contributed by atoms with Crippen LogP contribution in [0.15, 0.2) is 59.6 Å². The molecule has 38 heavy (non-hydrogen) atoms. The van der Waals surface area contributed by atoms with Crippen molar-refractivity contribution in [2.45, 2.75) is 57.3 Å². The summed E-state index contributed by atoms with van der Waals surface area (Å²) in [5.41, 5.74) is 2.98. The number of rotatable bonds is 7. The van der Waals surface area contributed by atoms with E-state index < -0.39 is 21.6 Å². The number of fused-ring (bicyclic) bond motifs is 1. The van der Waals surface area contributed by atoms with Crippen LogP contribution in [0.1, 0.15) is 64.4 Å². The number of alkyl halides is 3. The lowest BCUT2D eigenvalue weighted by atomic mass is 9.86. The van der Waals surface area contributed by atoms with Crippen LogP contribution >= 0.6 is 0 Å². The number of hydrogen-bond donors (Lipinski definition) is 1. The van der Waals surface area contributed by atoms with E-state index in [1.807, 2.05) is 17.0 Å². The molecule has 0 saturated heterocycles. The second-order valence-electron chi connectivity index (χ2n) is 9.49. The number of aryl methyl sites for hydroxylation is 1. The van der Waals surface area contributed by atoms with E-state index in [9.17, 15) is 26.4 Å². The van der Waals surface area contributed by atoms with E-state index in [0.717, 1.165) is 35.4 Å². The number of carbonyl (C=O) groups excluding carboxylic acids is 1. The van der Waals surface area contributed by atoms with Gasteiger partial charge >= 0.3 is 6.18 Å². The van der Waals surface area contributed by atoms with Crippen LogP contribution in [0.3, 0.4) is 0 Å². The van der Waals surface area contributed by atoms with Crippen molar-refractivity contribution in [1.29, 1.82) is 0 Å². The van der Waals surface area contributed by atoms with Crippen molar-refractivity contribution in [3.63, 3.8) is 0 Å². The molecule has 1 N–H and O–H groups in total. The molecular formula is C28H30F3N3O3S. The van der Waals surface area contributed by atoms with E-state index in [4.69, 9.17) is 0 Å². The number of carbonyl (C=O) groups is 1. The quantitative estimate of drug-likeness (QED) is 0.415. The number of anilines is 1. The van der Waals surface area contributed by atoms with Gasteiger partial charge in [0.1, 0.15) is 5.82 Å². The van der Waals surface area contributed by atoms with Gasteiger partial charge in [0.25, 0.3) is 5.91 Å². The zero-order valence-electron chi connectivity index (χ0n) is 21.5. The number of aromatic nitrogens is 1. The molecule has 1 unspecified atom stereocenters. The zero-order valence-corrected chi connectivity index (χ0v) is 22.3. The summed E-state index contributed by atoms with van der Waals surface area (Å²) in [4.78, 5) is 19.3. The van der Waals surface area contributed by atoms with Crippen molar-refractivity contribution < 1.29 is 26.4 Å². The van der Waals surface area contributed by atoms with Crippen LogP contribution in [-0.2, 0) is 29.1 Å². The van der Waals surface area contributed by atoms with Gasteiger partial charge in [-0.2, -0.15) is 13.2 Å². The first-order valence-corrected chi connectivity index (χ1v) is 14.1. The summed E-state index contributed by atoms with van der Waals surface area (Å²) in [5, 5.41) is 2.87. The number of hydrogen-bond acceptors (Lipinski definition) is 5. The van der Waals surface area contributed by atoms with Crippen LogP contribution in [0.2, 0.25) is 0 Å². The maximum Gasteiger partial charge on any atom is 0.417 e. The number of halogens is 3. The molecule has 6 nitrogen and oxygen atoms in total. The number of sulfone groups is 1. The van der Waals surface area contributed by atoms with E-state index in [2.05, 4.69) is 17.2 Å². The fourth-order valence-electron chi connectivity index (χ4n) is 4.75. The molecule has 0 radical (unpaired) electrons. The molecule has 10 heteroatoms. The Kier molecular flexibility index (Phi) is 7.83. The monoisotopic (exact) mass is 545 g/mol. The van der Waals surface area contributed by atoms with E-state index in [1.54, 1.807) is 32.0 Å². The van der Waals surface area contributed by atoms with Gasteiger partial charge in [-0.1, -0.05) is 32.0 Å². The van der Waals surface area contributed by atoms with Crippen LogP contribution in [0.5, 0.6) is 0 Å². The molecule has 0 spiro atoms. The normalized spacial score (nSPS) is 15.7. The average molecular weight is 546 g/mol. The topological polar surface area (TPSA) is 79.4 Å². The highest BCUT2D eigenvalue weighted by Crippen LogP contribution is 2.36. The summed E-state index contributed by atoms with van der Waals surface area (Å²) in [6.07, 6.45) is -2.75. The highest BCUT2D eigenvalue weighted by atomic mass is 32.2. The van der Waals surface area contributed by atoms with Gasteiger partial charge in [-0.05, 0) is 65.9 Å². The molecule has 1 aromatic heterocycles. The van der Waals surface area contributed by atoms with Crippen LogP contribution in [0.25, 0.3) is 0 Å². The van der Waals surface area contributed by atoms with Gasteiger partial charge in [0.2, 0.25) is 0 Å². The Bertz CT molecular complexity index is 1440. The van der Waals surface area contributed by atoms with Gasteiger partial charge in [0.05, 0.1) is 16.2 Å². The van der Waals surface area contributed by atoms with E-state index in [1.165, 1.54) is 12.1 Å². The second kappa shape index (κ2) is 10.8. The number of benzene rings is 2. The van der Waals surface area contributed by atoms with Crippen LogP contribution in [0.4, 0.5) is 19.0 Å². The third-order valence-corrected chi connectivity index (χ3v) is 8.68. The molecule has 3 aromatic rings. The predicted octanol–water partition coefficient (Wildman–Crippen LogP) is 5.65. The molecule has 1 atom stereocenters. The molecule has 2 aromatic carbocycles. The minimum atomic E-state index is -4.45. The molecule has 0 saturated carbocycles. The molecule has 202 valence electrons. The first-order chi connectivity index (χ1) is 17.9. The average Bonchev–Trinajstić information content (AvgIpc) is 2.90. The fourth-order valence-corrected chi connectivity index (χ4v) is 5.63. The van der Waals surface area contributed by atoms with Crippen molar-refractivity contribution in [3.8, 4) is 0 Å². The van der Waals surface area contributed by atoms with Gasteiger partial charge in [-0.3, -0.25) is 4.79 Å². The fraction of sp³-hybridized carbons (Fsp3) is 0.357. The first-order valence-electron chi connectivity index (χ1n) is 12.4. The maximum absolute atomic E-state index is 13.1. The molecular weight excluding hydrogens is 515 g/mol. The Morgan fingerprint density at radius 1 is 1.11 bits per heavy atom. The molecule has 0 fully saturated rings. The maximum atomic E-state index is 13.1. The van der Waals surface area contributed by atoms with Crippen molar-refractivity contribution in [3.05, 3.63) is 88.1 Å². The summed E-state index contributed by atoms with van der Waals surface area (Å²) >= 11 is 0. The summed E-state index contributed by atoms with van der Waals surface area (Å²) in [6.45, 7) is 6.56. The SMILES string of the molecule is CCC1CN(c2ncc(C(F)(F)F)cc2C)Cc2cc(C(=O)NCc3ccc(S(=O)(=O)CC)cc3)ccc21. The highest BCUT2D eigenvalue weighted by Gasteiger charge is 2.33. The lowest BCUT2D eigenvalue weighted by Gasteiger charge is -2.36. The highest BCUT2D eigenvalue weighted by molar-refractivity contribution is 7.91. The number of amides is 1. The Morgan fingerprint density at radius 3 is 2.42 bits per heavy atom. The Labute approximate surface area is 220 Å². The number of nitrogens with zero attached hydrogens (tertiary/aromatic N) is 2. The van der Waals surface area contributed by atoms with Gasteiger partial charge in [-0.15, -0.1) is 0 Å². The van der Waals surface area contributed by atoms with Crippen molar-refractivity contribution in [2.24, 2.45) is 0 Å². The number of nitrogens with one attached hydrogen (secondary N) is 1. The molecule has 0 aliphatic carbocycles. The van der Waals surface area contributed by atoms with Gasteiger partial charge in [0, 0.05) is 37.3 Å². The zero-order chi connectivity index (χ0) is 27.7. The summed E-state index contributed by atoms with van der Waals surface area (Å²) in [6, 6.07) is 13.1.